The summed E-state index contributed by atoms with van der Waals surface area (Å²) in [4.78, 5) is 33.5. The highest BCUT2D eigenvalue weighted by molar-refractivity contribution is 6.05. The SMILES string of the molecule is CNC(=O)c1c(C(N)=O)nc2n1C1CC(C1)c1ccc(C#CC3(c4noc(C)n4)CO3)cc1-2. The van der Waals surface area contributed by atoms with Crippen LogP contribution in [0.5, 0.6) is 0 Å². The summed E-state index contributed by atoms with van der Waals surface area (Å²) in [7, 11) is 1.52. The van der Waals surface area contributed by atoms with Gasteiger partial charge in [0.1, 0.15) is 11.5 Å². The van der Waals surface area contributed by atoms with Crippen molar-refractivity contribution >= 4 is 11.8 Å². The molecule has 0 spiro atoms. The van der Waals surface area contributed by atoms with Gasteiger partial charge in [0.15, 0.2) is 5.69 Å². The smallest absolute Gasteiger partial charge is 0.270 e. The first-order valence-electron chi connectivity index (χ1n) is 10.7. The zero-order chi connectivity index (χ0) is 22.9. The fourth-order valence-corrected chi connectivity index (χ4v) is 4.69. The molecule has 4 aliphatic rings. The van der Waals surface area contributed by atoms with Crippen LogP contribution in [0.4, 0.5) is 0 Å². The lowest BCUT2D eigenvalue weighted by Gasteiger charge is -2.35. The average molecular weight is 444 g/mol. The molecular formula is C23H20N6O4. The molecular weight excluding hydrogens is 424 g/mol. The first-order valence-corrected chi connectivity index (χ1v) is 10.7. The van der Waals surface area contributed by atoms with E-state index in [0.29, 0.717) is 30.1 Å². The fourth-order valence-electron chi connectivity index (χ4n) is 4.69. The maximum atomic E-state index is 12.6. The van der Waals surface area contributed by atoms with Crippen LogP contribution in [0.1, 0.15) is 68.6 Å². The Morgan fingerprint density at radius 1 is 1.30 bits per heavy atom. The molecule has 2 amide bonds. The van der Waals surface area contributed by atoms with Crippen molar-refractivity contribution in [3.63, 3.8) is 0 Å². The number of ether oxygens (including phenoxy) is 1. The highest BCUT2D eigenvalue weighted by atomic mass is 16.6. The minimum atomic E-state index is -0.851. The summed E-state index contributed by atoms with van der Waals surface area (Å²) in [5.74, 6) is 6.97. The number of amides is 2. The van der Waals surface area contributed by atoms with Crippen molar-refractivity contribution in [1.29, 1.82) is 0 Å². The van der Waals surface area contributed by atoms with Crippen molar-refractivity contribution in [3.05, 3.63) is 52.4 Å². The number of hydrogen-bond donors (Lipinski definition) is 2. The van der Waals surface area contributed by atoms with Crippen molar-refractivity contribution in [3.8, 4) is 23.2 Å². The molecule has 1 saturated carbocycles. The van der Waals surface area contributed by atoms with Gasteiger partial charge in [-0.15, -0.1) is 0 Å². The van der Waals surface area contributed by atoms with E-state index in [9.17, 15) is 9.59 Å². The van der Waals surface area contributed by atoms with Gasteiger partial charge in [0.2, 0.25) is 17.3 Å². The molecule has 3 aliphatic heterocycles. The Morgan fingerprint density at radius 2 is 2.09 bits per heavy atom. The standard InChI is InChI=1S/C23H20N6O4/c1-11-26-22(28-33-11)23(10-32-23)6-5-12-3-4-15-13-8-14(9-13)29-18(21(31)25-2)17(19(24)30)27-20(29)16(15)7-12/h3-4,7,13-14H,8-10H2,1-2H3,(H2,24,30)(H,25,31). The van der Waals surface area contributed by atoms with Crippen LogP contribution >= 0.6 is 0 Å². The Balaban J connectivity index is 1.47. The number of carbonyl (C=O) groups is 2. The van der Waals surface area contributed by atoms with E-state index in [-0.39, 0.29) is 23.3 Å². The quantitative estimate of drug-likeness (QED) is 0.459. The molecule has 1 aromatic carbocycles. The van der Waals surface area contributed by atoms with Crippen LogP contribution in [0.15, 0.2) is 22.7 Å². The van der Waals surface area contributed by atoms with Gasteiger partial charge in [0.25, 0.3) is 11.8 Å². The zero-order valence-electron chi connectivity index (χ0n) is 18.0. The largest absolute Gasteiger partial charge is 0.364 e. The number of aryl methyl sites for hydroxylation is 1. The average Bonchev–Trinajstić information content (AvgIpc) is 3.35. The second-order valence-electron chi connectivity index (χ2n) is 8.57. The van der Waals surface area contributed by atoms with Crippen molar-refractivity contribution in [2.75, 3.05) is 13.7 Å². The summed E-state index contributed by atoms with van der Waals surface area (Å²) < 4.78 is 12.5. The van der Waals surface area contributed by atoms with Crippen molar-refractivity contribution in [1.82, 2.24) is 25.0 Å². The number of benzene rings is 1. The summed E-state index contributed by atoms with van der Waals surface area (Å²) in [6.07, 6.45) is 1.75. The zero-order valence-corrected chi connectivity index (χ0v) is 18.0. The van der Waals surface area contributed by atoms with Gasteiger partial charge < -0.3 is 24.9 Å². The molecule has 0 radical (unpaired) electrons. The van der Waals surface area contributed by atoms with E-state index < -0.39 is 11.5 Å². The van der Waals surface area contributed by atoms with E-state index in [2.05, 4.69) is 32.3 Å². The van der Waals surface area contributed by atoms with Crippen molar-refractivity contribution in [2.24, 2.45) is 5.73 Å². The number of rotatable bonds is 3. The predicted molar refractivity (Wildman–Crippen MR) is 114 cm³/mol. The molecule has 1 atom stereocenters. The molecule has 2 bridgehead atoms. The molecule has 10 heteroatoms. The molecule has 7 rings (SSSR count). The van der Waals surface area contributed by atoms with E-state index in [1.807, 2.05) is 22.8 Å². The Hall–Kier alpha value is -3.97. The monoisotopic (exact) mass is 444 g/mol. The lowest BCUT2D eigenvalue weighted by atomic mass is 9.75. The predicted octanol–water partition coefficient (Wildman–Crippen LogP) is 1.41. The third kappa shape index (κ3) is 2.89. The second-order valence-corrected chi connectivity index (χ2v) is 8.57. The number of primary amides is 1. The van der Waals surface area contributed by atoms with E-state index in [1.165, 1.54) is 7.05 Å². The first kappa shape index (κ1) is 19.7. The number of hydrogen-bond acceptors (Lipinski definition) is 7. The van der Waals surface area contributed by atoms with Crippen LogP contribution in [-0.2, 0) is 10.3 Å². The van der Waals surface area contributed by atoms with E-state index in [0.717, 1.165) is 29.5 Å². The number of carbonyl (C=O) groups excluding carboxylic acids is 2. The van der Waals surface area contributed by atoms with Crippen LogP contribution in [0, 0.1) is 18.8 Å². The first-order chi connectivity index (χ1) is 15.9. The lowest BCUT2D eigenvalue weighted by Crippen LogP contribution is -2.30. The molecule has 1 saturated heterocycles. The van der Waals surface area contributed by atoms with Crippen LogP contribution < -0.4 is 11.1 Å². The summed E-state index contributed by atoms with van der Waals surface area (Å²) >= 11 is 0. The third-order valence-corrected chi connectivity index (χ3v) is 6.53. The second kappa shape index (κ2) is 6.76. The molecule has 5 heterocycles. The Kier molecular flexibility index (Phi) is 4.04. The highest BCUT2D eigenvalue weighted by Gasteiger charge is 2.50. The summed E-state index contributed by atoms with van der Waals surface area (Å²) in [6.45, 7) is 2.11. The number of imidazole rings is 1. The van der Waals surface area contributed by atoms with Crippen LogP contribution in [0.3, 0.4) is 0 Å². The molecule has 10 nitrogen and oxygen atoms in total. The Bertz CT molecular complexity index is 1400. The number of epoxide rings is 1. The summed E-state index contributed by atoms with van der Waals surface area (Å²) in [6, 6.07) is 6.04. The molecule has 33 heavy (non-hydrogen) atoms. The van der Waals surface area contributed by atoms with Gasteiger partial charge in [-0.25, -0.2) is 4.98 Å². The number of nitrogens with one attached hydrogen (secondary N) is 1. The molecule has 166 valence electrons. The number of nitrogens with zero attached hydrogens (tertiary/aromatic N) is 4. The number of nitrogens with two attached hydrogens (primary N) is 1. The lowest BCUT2D eigenvalue weighted by molar-refractivity contribution is 0.0928. The topological polar surface area (TPSA) is 141 Å². The van der Waals surface area contributed by atoms with E-state index in [1.54, 1.807) is 6.92 Å². The van der Waals surface area contributed by atoms with Gasteiger partial charge in [0.05, 0.1) is 6.61 Å². The van der Waals surface area contributed by atoms with Crippen molar-refractivity contribution < 1.29 is 18.8 Å². The Morgan fingerprint density at radius 3 is 2.73 bits per heavy atom. The maximum absolute atomic E-state index is 12.6. The van der Waals surface area contributed by atoms with Gasteiger partial charge in [-0.2, -0.15) is 4.98 Å². The molecule has 2 fully saturated rings. The van der Waals surface area contributed by atoms with Gasteiger partial charge in [-0.05, 0) is 36.5 Å². The molecule has 3 aromatic rings. The van der Waals surface area contributed by atoms with Gasteiger partial charge in [-0.3, -0.25) is 9.59 Å². The fraction of sp³-hybridized carbons (Fsp3) is 0.348. The number of aromatic nitrogens is 4. The van der Waals surface area contributed by atoms with Gasteiger partial charge >= 0.3 is 0 Å². The van der Waals surface area contributed by atoms with E-state index >= 15 is 0 Å². The van der Waals surface area contributed by atoms with Crippen LogP contribution in [0.25, 0.3) is 11.4 Å². The normalized spacial score (nSPS) is 23.8. The Labute approximate surface area is 188 Å². The minimum absolute atomic E-state index is 0.0186. The van der Waals surface area contributed by atoms with Crippen LogP contribution in [-0.4, -0.2) is 45.2 Å². The maximum Gasteiger partial charge on any atom is 0.270 e. The summed E-state index contributed by atoms with van der Waals surface area (Å²) in [5, 5.41) is 6.54. The highest BCUT2D eigenvalue weighted by Crippen LogP contribution is 2.52. The molecule has 1 unspecified atom stereocenters. The molecule has 2 aromatic heterocycles. The summed E-state index contributed by atoms with van der Waals surface area (Å²) in [5.41, 5.74) is 7.65. The van der Waals surface area contributed by atoms with Gasteiger partial charge in [-0.1, -0.05) is 23.1 Å². The van der Waals surface area contributed by atoms with Crippen molar-refractivity contribution in [2.45, 2.75) is 37.3 Å². The molecule has 3 N–H and O–H groups in total. The molecule has 1 aliphatic carbocycles. The third-order valence-electron chi connectivity index (χ3n) is 6.53. The van der Waals surface area contributed by atoms with Crippen LogP contribution in [0.2, 0.25) is 0 Å². The van der Waals surface area contributed by atoms with E-state index in [4.69, 9.17) is 15.0 Å². The minimum Gasteiger partial charge on any atom is -0.364 e. The van der Waals surface area contributed by atoms with Gasteiger partial charge in [0, 0.05) is 31.1 Å².